The number of esters is 2. The van der Waals surface area contributed by atoms with Gasteiger partial charge in [0.25, 0.3) is 0 Å². The first-order valence-corrected chi connectivity index (χ1v) is 16.0. The zero-order valence-electron chi connectivity index (χ0n) is 25.6. The van der Waals surface area contributed by atoms with Crippen LogP contribution >= 0.6 is 0 Å². The summed E-state index contributed by atoms with van der Waals surface area (Å²) < 4.78 is 11.1. The minimum absolute atomic E-state index is 0.0314. The molecule has 4 aliphatic rings. The minimum Gasteiger partial charge on any atom is -0.467 e. The number of amides is 1. The van der Waals surface area contributed by atoms with Crippen molar-refractivity contribution in [3.63, 3.8) is 0 Å². The third-order valence-electron chi connectivity index (χ3n) is 11.6. The molecule has 1 aromatic carbocycles. The van der Waals surface area contributed by atoms with Crippen molar-refractivity contribution in [3.8, 4) is 0 Å². The number of rotatable bonds is 8. The van der Waals surface area contributed by atoms with E-state index in [4.69, 9.17) is 9.47 Å². The van der Waals surface area contributed by atoms with Crippen molar-refractivity contribution in [2.75, 3.05) is 7.11 Å². The van der Waals surface area contributed by atoms with Gasteiger partial charge in [0.05, 0.1) is 13.5 Å². The Hall–Kier alpha value is -3.42. The molecule has 4 aliphatic carbocycles. The molecule has 1 aromatic heterocycles. The van der Waals surface area contributed by atoms with Gasteiger partial charge in [-0.3, -0.25) is 14.4 Å². The molecule has 8 nitrogen and oxygen atoms in total. The van der Waals surface area contributed by atoms with Crippen LogP contribution in [0.4, 0.5) is 0 Å². The van der Waals surface area contributed by atoms with E-state index in [9.17, 15) is 19.2 Å². The number of ketones is 1. The van der Waals surface area contributed by atoms with E-state index < -0.39 is 12.0 Å². The molecule has 1 heterocycles. The summed E-state index contributed by atoms with van der Waals surface area (Å²) in [5.41, 5.74) is 3.29. The van der Waals surface area contributed by atoms with Crippen molar-refractivity contribution in [3.05, 3.63) is 47.7 Å². The highest BCUT2D eigenvalue weighted by Crippen LogP contribution is 2.65. The van der Waals surface area contributed by atoms with Gasteiger partial charge in [-0.2, -0.15) is 0 Å². The van der Waals surface area contributed by atoms with Gasteiger partial charge in [0, 0.05) is 41.8 Å². The Morgan fingerprint density at radius 2 is 1.84 bits per heavy atom. The number of H-pyrrole nitrogens is 1. The van der Waals surface area contributed by atoms with Gasteiger partial charge < -0.3 is 19.8 Å². The van der Waals surface area contributed by atoms with Gasteiger partial charge in [0.2, 0.25) is 5.91 Å². The molecule has 0 bridgehead atoms. The van der Waals surface area contributed by atoms with E-state index >= 15 is 0 Å². The van der Waals surface area contributed by atoms with E-state index in [-0.39, 0.29) is 53.9 Å². The Kier molecular flexibility index (Phi) is 7.99. The molecule has 0 unspecified atom stereocenters. The first-order chi connectivity index (χ1) is 20.6. The van der Waals surface area contributed by atoms with E-state index in [1.165, 1.54) is 12.7 Å². The van der Waals surface area contributed by atoms with E-state index in [2.05, 4.69) is 24.1 Å². The number of hydrogen-bond donors (Lipinski definition) is 2. The maximum absolute atomic E-state index is 13.0. The number of aromatic amines is 1. The number of benzene rings is 1. The average molecular weight is 589 g/mol. The number of fused-ring (bicyclic) bond motifs is 6. The Bertz CT molecular complexity index is 1460. The fourth-order valence-electron chi connectivity index (χ4n) is 9.26. The van der Waals surface area contributed by atoms with Crippen molar-refractivity contribution in [1.82, 2.24) is 10.3 Å². The second-order valence-electron chi connectivity index (χ2n) is 13.8. The molecule has 6 rings (SSSR count). The van der Waals surface area contributed by atoms with Crippen LogP contribution < -0.4 is 5.32 Å². The summed E-state index contributed by atoms with van der Waals surface area (Å²) >= 11 is 0. The largest absolute Gasteiger partial charge is 0.467 e. The topological polar surface area (TPSA) is 115 Å². The lowest BCUT2D eigenvalue weighted by molar-refractivity contribution is -0.160. The van der Waals surface area contributed by atoms with Gasteiger partial charge in [-0.1, -0.05) is 37.6 Å². The smallest absolute Gasteiger partial charge is 0.328 e. The van der Waals surface area contributed by atoms with E-state index in [1.54, 1.807) is 0 Å². The number of methoxy groups -OCH3 is 1. The predicted molar refractivity (Wildman–Crippen MR) is 162 cm³/mol. The molecule has 2 N–H and O–H groups in total. The molecular formula is C35H44N2O6. The highest BCUT2D eigenvalue weighted by molar-refractivity contribution is 5.91. The number of aromatic nitrogens is 1. The fourth-order valence-corrected chi connectivity index (χ4v) is 9.26. The summed E-state index contributed by atoms with van der Waals surface area (Å²) in [6, 6.07) is 6.93. The normalized spacial score (nSPS) is 32.2. The molecule has 3 fully saturated rings. The Balaban J connectivity index is 1.04. The number of carbonyl (C=O) groups excluding carboxylic acids is 4. The molecule has 43 heavy (non-hydrogen) atoms. The molecule has 3 saturated carbocycles. The number of hydrogen-bond acceptors (Lipinski definition) is 6. The van der Waals surface area contributed by atoms with Crippen molar-refractivity contribution in [1.29, 1.82) is 0 Å². The maximum Gasteiger partial charge on any atom is 0.328 e. The standard InChI is InChI=1S/C35H44N2O6/c1-34-16-14-23(38)19-22(34)8-9-25-26-10-11-30(35(26,2)17-15-27(25)34)43-32(40)13-12-31(39)37-29(33(41)42-3)18-21-20-36-28-7-5-4-6-24(21)28/h4-7,19-20,25-27,29-30,36H,8-18H2,1-3H3,(H,37,39)/t25-,26-,27-,29+,30-,34+,35+/m1/s1. The molecule has 8 heteroatoms. The van der Waals surface area contributed by atoms with Crippen molar-refractivity contribution >= 4 is 34.5 Å². The fraction of sp³-hybridized carbons (Fsp3) is 0.600. The lowest BCUT2D eigenvalue weighted by atomic mass is 9.47. The van der Waals surface area contributed by atoms with Crippen LogP contribution in [0.3, 0.4) is 0 Å². The number of para-hydroxylation sites is 1. The van der Waals surface area contributed by atoms with Gasteiger partial charge in [-0.25, -0.2) is 4.79 Å². The van der Waals surface area contributed by atoms with E-state index in [0.29, 0.717) is 24.2 Å². The monoisotopic (exact) mass is 588 g/mol. The van der Waals surface area contributed by atoms with Crippen molar-refractivity contribution in [2.24, 2.45) is 28.6 Å². The molecule has 0 aliphatic heterocycles. The predicted octanol–water partition coefficient (Wildman–Crippen LogP) is 5.59. The molecule has 0 saturated heterocycles. The lowest BCUT2D eigenvalue weighted by Crippen LogP contribution is -2.51. The minimum atomic E-state index is -0.854. The number of carbonyl (C=O) groups is 4. The zero-order valence-corrected chi connectivity index (χ0v) is 25.6. The molecule has 230 valence electrons. The summed E-state index contributed by atoms with van der Waals surface area (Å²) in [6.07, 6.45) is 11.6. The van der Waals surface area contributed by atoms with Crippen LogP contribution in [0.1, 0.15) is 83.6 Å². The first kappa shape index (κ1) is 29.6. The summed E-state index contributed by atoms with van der Waals surface area (Å²) in [6.45, 7) is 4.68. The second kappa shape index (κ2) is 11.6. The number of nitrogens with one attached hydrogen (secondary N) is 2. The van der Waals surface area contributed by atoms with Crippen LogP contribution in [0, 0.1) is 28.6 Å². The highest BCUT2D eigenvalue weighted by atomic mass is 16.5. The summed E-state index contributed by atoms with van der Waals surface area (Å²) in [7, 11) is 1.30. The molecule has 1 amide bonds. The van der Waals surface area contributed by atoms with Gasteiger partial charge in [0.15, 0.2) is 5.78 Å². The van der Waals surface area contributed by atoms with Crippen LogP contribution in [0.15, 0.2) is 42.1 Å². The Morgan fingerprint density at radius 3 is 2.65 bits per heavy atom. The third-order valence-corrected chi connectivity index (χ3v) is 11.6. The van der Waals surface area contributed by atoms with Crippen molar-refractivity contribution in [2.45, 2.75) is 96.6 Å². The van der Waals surface area contributed by atoms with Gasteiger partial charge in [-0.05, 0) is 85.8 Å². The molecular weight excluding hydrogens is 544 g/mol. The molecule has 7 atom stereocenters. The SMILES string of the molecule is COC(=O)[C@H](Cc1c[nH]c2ccccc12)NC(=O)CCC(=O)O[C@@H]1CC[C@@H]2[C@H]3CCC4=CC(=O)CC[C@]4(C)[C@@H]3CC[C@@]21C. The third kappa shape index (κ3) is 5.42. The quantitative estimate of drug-likeness (QED) is 0.389. The van der Waals surface area contributed by atoms with Crippen LogP contribution in [0.25, 0.3) is 10.9 Å². The lowest BCUT2D eigenvalue weighted by Gasteiger charge is -2.57. The summed E-state index contributed by atoms with van der Waals surface area (Å²) in [5.74, 6) is 0.702. The van der Waals surface area contributed by atoms with Crippen LogP contribution in [0.2, 0.25) is 0 Å². The van der Waals surface area contributed by atoms with E-state index in [1.807, 2.05) is 36.5 Å². The molecule has 0 spiro atoms. The van der Waals surface area contributed by atoms with Gasteiger partial charge >= 0.3 is 11.9 Å². The van der Waals surface area contributed by atoms with E-state index in [0.717, 1.165) is 61.4 Å². The number of ether oxygens (including phenoxy) is 2. The summed E-state index contributed by atoms with van der Waals surface area (Å²) in [4.78, 5) is 53.7. The second-order valence-corrected chi connectivity index (χ2v) is 13.8. The zero-order chi connectivity index (χ0) is 30.4. The highest BCUT2D eigenvalue weighted by Gasteiger charge is 2.60. The van der Waals surface area contributed by atoms with Crippen LogP contribution in [-0.2, 0) is 35.1 Å². The summed E-state index contributed by atoms with van der Waals surface area (Å²) in [5, 5.41) is 3.76. The number of allylic oxidation sites excluding steroid dienone is 1. The van der Waals surface area contributed by atoms with Crippen LogP contribution in [0.5, 0.6) is 0 Å². The maximum atomic E-state index is 13.0. The van der Waals surface area contributed by atoms with Gasteiger partial charge in [-0.15, -0.1) is 0 Å². The molecule has 2 aromatic rings. The van der Waals surface area contributed by atoms with Crippen LogP contribution in [-0.4, -0.2) is 47.9 Å². The average Bonchev–Trinajstić information content (AvgIpc) is 3.56. The first-order valence-electron chi connectivity index (χ1n) is 16.0. The molecule has 0 radical (unpaired) electrons. The Morgan fingerprint density at radius 1 is 1.02 bits per heavy atom. The van der Waals surface area contributed by atoms with Gasteiger partial charge in [0.1, 0.15) is 12.1 Å². The van der Waals surface area contributed by atoms with Crippen molar-refractivity contribution < 1.29 is 28.7 Å². The Labute approximate surface area is 253 Å².